The van der Waals surface area contributed by atoms with Crippen molar-refractivity contribution in [3.63, 3.8) is 0 Å². The van der Waals surface area contributed by atoms with Gasteiger partial charge in [0, 0.05) is 12.7 Å². The summed E-state index contributed by atoms with van der Waals surface area (Å²) >= 11 is 0. The molecule has 3 nitrogen and oxygen atoms in total. The van der Waals surface area contributed by atoms with E-state index >= 15 is 0 Å². The topological polar surface area (TPSA) is 41.8 Å². The van der Waals surface area contributed by atoms with E-state index in [1.807, 2.05) is 31.2 Å². The largest absolute Gasteiger partial charge is 0.411 e. The van der Waals surface area contributed by atoms with Gasteiger partial charge in [-0.05, 0) is 12.5 Å². The molecule has 0 bridgehead atoms. The molecule has 1 aromatic carbocycles. The first kappa shape index (κ1) is 9.74. The monoisotopic (exact) mass is 179 g/mol. The highest BCUT2D eigenvalue weighted by molar-refractivity contribution is 5.81. The van der Waals surface area contributed by atoms with Gasteiger partial charge in [-0.15, -0.1) is 0 Å². The molecule has 0 radical (unpaired) electrons. The molecule has 13 heavy (non-hydrogen) atoms. The van der Waals surface area contributed by atoms with Gasteiger partial charge in [0.1, 0.15) is 0 Å². The number of oxime groups is 1. The van der Waals surface area contributed by atoms with Crippen molar-refractivity contribution in [3.05, 3.63) is 35.4 Å². The second kappa shape index (κ2) is 4.62. The molecule has 0 aromatic heterocycles. The maximum atomic E-state index is 8.43. The van der Waals surface area contributed by atoms with Crippen molar-refractivity contribution in [2.45, 2.75) is 13.0 Å². The average molecular weight is 179 g/mol. The summed E-state index contributed by atoms with van der Waals surface area (Å²) in [5, 5.41) is 11.4. The molecule has 0 spiro atoms. The minimum atomic E-state index is 0.00852. The Morgan fingerprint density at radius 3 is 2.77 bits per heavy atom. The maximum absolute atomic E-state index is 8.43. The molecule has 0 amide bonds. The third-order valence-electron chi connectivity index (χ3n) is 1.98. The van der Waals surface area contributed by atoms with Crippen LogP contribution in [0.4, 0.5) is 0 Å². The van der Waals surface area contributed by atoms with E-state index in [-0.39, 0.29) is 6.10 Å². The molecule has 1 aromatic rings. The number of nitrogens with zero attached hydrogens (tertiary/aromatic N) is 1. The number of hydrogen-bond acceptors (Lipinski definition) is 3. The summed E-state index contributed by atoms with van der Waals surface area (Å²) in [4.78, 5) is 0. The van der Waals surface area contributed by atoms with Crippen LogP contribution in [0.2, 0.25) is 0 Å². The Morgan fingerprint density at radius 2 is 2.15 bits per heavy atom. The Morgan fingerprint density at radius 1 is 1.46 bits per heavy atom. The number of hydrogen-bond donors (Lipinski definition) is 1. The summed E-state index contributed by atoms with van der Waals surface area (Å²) in [6, 6.07) is 7.65. The van der Waals surface area contributed by atoms with Crippen LogP contribution in [0.3, 0.4) is 0 Å². The summed E-state index contributed by atoms with van der Waals surface area (Å²) in [5.41, 5.74) is 1.89. The normalized spacial score (nSPS) is 13.4. The first-order chi connectivity index (χ1) is 6.29. The molecular formula is C10H13NO2. The fraction of sp³-hybridized carbons (Fsp3) is 0.300. The van der Waals surface area contributed by atoms with Crippen LogP contribution in [0.25, 0.3) is 0 Å². The zero-order chi connectivity index (χ0) is 9.68. The molecule has 70 valence electrons. The van der Waals surface area contributed by atoms with Crippen LogP contribution < -0.4 is 0 Å². The molecular weight excluding hydrogens is 166 g/mol. The zero-order valence-corrected chi connectivity index (χ0v) is 7.77. The van der Waals surface area contributed by atoms with Crippen molar-refractivity contribution >= 4 is 6.21 Å². The lowest BCUT2D eigenvalue weighted by atomic mass is 10.0. The highest BCUT2D eigenvalue weighted by Crippen LogP contribution is 2.18. The average Bonchev–Trinajstić information content (AvgIpc) is 2.18. The van der Waals surface area contributed by atoms with Crippen LogP contribution in [0.5, 0.6) is 0 Å². The minimum Gasteiger partial charge on any atom is -0.411 e. The Hall–Kier alpha value is -1.35. The summed E-state index contributed by atoms with van der Waals surface area (Å²) in [7, 11) is 1.65. The van der Waals surface area contributed by atoms with Crippen LogP contribution in [0.15, 0.2) is 29.4 Å². The van der Waals surface area contributed by atoms with Crippen molar-refractivity contribution in [1.29, 1.82) is 0 Å². The highest BCUT2D eigenvalue weighted by atomic mass is 16.5. The Kier molecular flexibility index (Phi) is 3.46. The summed E-state index contributed by atoms with van der Waals surface area (Å²) in [6.45, 7) is 1.95. The van der Waals surface area contributed by atoms with Gasteiger partial charge in [-0.3, -0.25) is 0 Å². The van der Waals surface area contributed by atoms with Crippen molar-refractivity contribution in [2.24, 2.45) is 5.16 Å². The molecule has 1 unspecified atom stereocenters. The highest BCUT2D eigenvalue weighted by Gasteiger charge is 2.06. The third kappa shape index (κ3) is 2.29. The molecule has 0 fully saturated rings. The van der Waals surface area contributed by atoms with Gasteiger partial charge in [0.05, 0.1) is 12.3 Å². The Balaban J connectivity index is 3.04. The minimum absolute atomic E-state index is 0.00852. The fourth-order valence-electron chi connectivity index (χ4n) is 1.19. The molecule has 1 atom stereocenters. The Bertz CT molecular complexity index is 297. The maximum Gasteiger partial charge on any atom is 0.0799 e. The van der Waals surface area contributed by atoms with Gasteiger partial charge in [-0.25, -0.2) is 0 Å². The van der Waals surface area contributed by atoms with Crippen molar-refractivity contribution in [2.75, 3.05) is 7.11 Å². The second-order valence-corrected chi connectivity index (χ2v) is 2.75. The third-order valence-corrected chi connectivity index (χ3v) is 1.98. The van der Waals surface area contributed by atoms with E-state index in [2.05, 4.69) is 5.16 Å². The molecule has 0 aliphatic carbocycles. The van der Waals surface area contributed by atoms with Gasteiger partial charge < -0.3 is 9.94 Å². The predicted octanol–water partition coefficient (Wildman–Crippen LogP) is 2.20. The van der Waals surface area contributed by atoms with Crippen LogP contribution in [-0.4, -0.2) is 18.5 Å². The van der Waals surface area contributed by atoms with E-state index in [9.17, 15) is 0 Å². The number of methoxy groups -OCH3 is 1. The first-order valence-electron chi connectivity index (χ1n) is 4.08. The standard InChI is InChI=1S/C10H13NO2/c1-8(13-2)10-6-4-3-5-9(10)7-11-12/h3-8,12H,1-2H3/b11-7-. The van der Waals surface area contributed by atoms with Crippen LogP contribution in [0, 0.1) is 0 Å². The van der Waals surface area contributed by atoms with E-state index in [1.54, 1.807) is 7.11 Å². The van der Waals surface area contributed by atoms with Gasteiger partial charge in [-0.1, -0.05) is 29.4 Å². The molecule has 0 aliphatic heterocycles. The van der Waals surface area contributed by atoms with Gasteiger partial charge in [0.2, 0.25) is 0 Å². The number of rotatable bonds is 3. The molecule has 0 aliphatic rings. The lowest BCUT2D eigenvalue weighted by Gasteiger charge is -2.11. The summed E-state index contributed by atoms with van der Waals surface area (Å²) in [6.07, 6.45) is 1.42. The second-order valence-electron chi connectivity index (χ2n) is 2.75. The predicted molar refractivity (Wildman–Crippen MR) is 51.2 cm³/mol. The molecule has 3 heteroatoms. The van der Waals surface area contributed by atoms with E-state index in [0.29, 0.717) is 0 Å². The van der Waals surface area contributed by atoms with Crippen molar-refractivity contribution in [1.82, 2.24) is 0 Å². The Labute approximate surface area is 77.6 Å². The van der Waals surface area contributed by atoms with E-state index in [4.69, 9.17) is 9.94 Å². The summed E-state index contributed by atoms with van der Waals surface area (Å²) < 4.78 is 5.18. The van der Waals surface area contributed by atoms with Gasteiger partial charge in [0.25, 0.3) is 0 Å². The first-order valence-corrected chi connectivity index (χ1v) is 4.08. The molecule has 1 N–H and O–H groups in total. The number of benzene rings is 1. The summed E-state index contributed by atoms with van der Waals surface area (Å²) in [5.74, 6) is 0. The van der Waals surface area contributed by atoms with Crippen LogP contribution in [-0.2, 0) is 4.74 Å². The number of ether oxygens (including phenoxy) is 1. The van der Waals surface area contributed by atoms with Gasteiger partial charge in [-0.2, -0.15) is 0 Å². The smallest absolute Gasteiger partial charge is 0.0799 e. The van der Waals surface area contributed by atoms with Crippen LogP contribution in [0.1, 0.15) is 24.2 Å². The zero-order valence-electron chi connectivity index (χ0n) is 7.77. The quantitative estimate of drug-likeness (QED) is 0.439. The van der Waals surface area contributed by atoms with Crippen LogP contribution >= 0.6 is 0 Å². The van der Waals surface area contributed by atoms with Crippen molar-refractivity contribution < 1.29 is 9.94 Å². The van der Waals surface area contributed by atoms with Gasteiger partial charge >= 0.3 is 0 Å². The van der Waals surface area contributed by atoms with E-state index < -0.39 is 0 Å². The van der Waals surface area contributed by atoms with Gasteiger partial charge in [0.15, 0.2) is 0 Å². The molecule has 0 saturated heterocycles. The fourth-order valence-corrected chi connectivity index (χ4v) is 1.19. The molecule has 0 heterocycles. The molecule has 0 saturated carbocycles. The lowest BCUT2D eigenvalue weighted by molar-refractivity contribution is 0.119. The molecule has 1 rings (SSSR count). The lowest BCUT2D eigenvalue weighted by Crippen LogP contribution is -2.00. The van der Waals surface area contributed by atoms with E-state index in [0.717, 1.165) is 11.1 Å². The van der Waals surface area contributed by atoms with Crippen molar-refractivity contribution in [3.8, 4) is 0 Å². The SMILES string of the molecule is COC(C)c1ccccc1/C=N\O. The van der Waals surface area contributed by atoms with E-state index in [1.165, 1.54) is 6.21 Å².